The number of aryl methyl sites for hydroxylation is 1. The Hall–Kier alpha value is -3.46. The van der Waals surface area contributed by atoms with Crippen molar-refractivity contribution in [1.82, 2.24) is 24.5 Å². The fraction of sp³-hybridized carbons (Fsp3) is 0.423. The van der Waals surface area contributed by atoms with Crippen molar-refractivity contribution in [2.75, 3.05) is 13.1 Å². The maximum absolute atomic E-state index is 13.5. The van der Waals surface area contributed by atoms with Gasteiger partial charge >= 0.3 is 6.09 Å². The lowest BCUT2D eigenvalue weighted by Crippen LogP contribution is -2.53. The van der Waals surface area contributed by atoms with Crippen molar-refractivity contribution in [1.29, 1.82) is 0 Å². The zero-order valence-corrected chi connectivity index (χ0v) is 20.4. The van der Waals surface area contributed by atoms with Crippen LogP contribution in [0, 0.1) is 11.2 Å². The molecule has 1 aromatic carbocycles. The molecule has 2 atom stereocenters. The van der Waals surface area contributed by atoms with E-state index in [9.17, 15) is 14.3 Å². The minimum atomic E-state index is -0.880. The highest BCUT2D eigenvalue weighted by molar-refractivity contribution is 5.70. The largest absolute Gasteiger partial charge is 0.444 e. The van der Waals surface area contributed by atoms with E-state index < -0.39 is 17.1 Å². The first-order valence-electron chi connectivity index (χ1n) is 11.7. The van der Waals surface area contributed by atoms with E-state index in [-0.39, 0.29) is 11.9 Å². The number of carbonyl (C=O) groups is 1. The van der Waals surface area contributed by atoms with Crippen LogP contribution in [0.1, 0.15) is 50.1 Å². The number of ether oxygens (including phenoxy) is 1. The van der Waals surface area contributed by atoms with Gasteiger partial charge in [-0.05, 0) is 69.5 Å². The first-order valence-corrected chi connectivity index (χ1v) is 11.7. The van der Waals surface area contributed by atoms with Crippen LogP contribution < -0.4 is 0 Å². The molecule has 1 fully saturated rings. The average molecular weight is 480 g/mol. The SMILES string of the molecule is Cn1cc([C@H](O)C23Cc4cnn(-c5ccc(F)cc5)c4C=C2CCN(C(=O)OC(C)(C)C)C3)cn1. The van der Waals surface area contributed by atoms with E-state index in [1.165, 1.54) is 12.1 Å². The second-order valence-electron chi connectivity index (χ2n) is 10.4. The van der Waals surface area contributed by atoms with E-state index in [4.69, 9.17) is 4.74 Å². The van der Waals surface area contributed by atoms with Crippen molar-refractivity contribution in [2.24, 2.45) is 12.5 Å². The Morgan fingerprint density at radius 1 is 1.20 bits per heavy atom. The van der Waals surface area contributed by atoms with Gasteiger partial charge in [-0.3, -0.25) is 4.68 Å². The molecule has 2 aliphatic rings. The number of fused-ring (bicyclic) bond motifs is 2. The topological polar surface area (TPSA) is 85.4 Å². The van der Waals surface area contributed by atoms with Crippen molar-refractivity contribution >= 4 is 12.2 Å². The first-order chi connectivity index (χ1) is 16.6. The normalized spacial score (nSPS) is 20.6. The fourth-order valence-corrected chi connectivity index (χ4v) is 5.13. The molecule has 3 heterocycles. The second-order valence-corrected chi connectivity index (χ2v) is 10.4. The highest BCUT2D eigenvalue weighted by atomic mass is 19.1. The Morgan fingerprint density at radius 3 is 2.60 bits per heavy atom. The molecule has 0 saturated carbocycles. The number of rotatable bonds is 3. The molecule has 5 rings (SSSR count). The summed E-state index contributed by atoms with van der Waals surface area (Å²) in [5, 5.41) is 20.5. The van der Waals surface area contributed by atoms with Gasteiger partial charge < -0.3 is 14.7 Å². The third-order valence-electron chi connectivity index (χ3n) is 6.75. The van der Waals surface area contributed by atoms with Crippen LogP contribution in [0.4, 0.5) is 9.18 Å². The van der Waals surface area contributed by atoms with Crippen molar-refractivity contribution in [2.45, 2.75) is 45.3 Å². The molecule has 1 unspecified atom stereocenters. The summed E-state index contributed by atoms with van der Waals surface area (Å²) in [6.45, 7) is 6.33. The smallest absolute Gasteiger partial charge is 0.410 e. The van der Waals surface area contributed by atoms with Crippen LogP contribution in [0.5, 0.6) is 0 Å². The number of aliphatic hydroxyl groups excluding tert-OH is 1. The Kier molecular flexibility index (Phi) is 5.55. The summed E-state index contributed by atoms with van der Waals surface area (Å²) in [5.41, 5.74) is 3.00. The highest BCUT2D eigenvalue weighted by Crippen LogP contribution is 2.51. The number of aromatic nitrogens is 4. The molecular weight excluding hydrogens is 449 g/mol. The molecule has 1 amide bonds. The van der Waals surface area contributed by atoms with Gasteiger partial charge in [0.1, 0.15) is 11.4 Å². The summed E-state index contributed by atoms with van der Waals surface area (Å²) in [5.74, 6) is -0.304. The van der Waals surface area contributed by atoms with Gasteiger partial charge in [0.05, 0.1) is 29.9 Å². The number of likely N-dealkylation sites (tertiary alicyclic amines) is 1. The Labute approximate surface area is 203 Å². The summed E-state index contributed by atoms with van der Waals surface area (Å²) in [6.07, 6.45) is 7.14. The number of aliphatic hydroxyl groups is 1. The lowest BCUT2D eigenvalue weighted by Gasteiger charge is -2.48. The van der Waals surface area contributed by atoms with Crippen molar-refractivity contribution < 1.29 is 19.0 Å². The van der Waals surface area contributed by atoms with Gasteiger partial charge in [-0.15, -0.1) is 0 Å². The molecule has 0 bridgehead atoms. The molecule has 2 aromatic heterocycles. The number of carbonyl (C=O) groups excluding carboxylic acids is 1. The van der Waals surface area contributed by atoms with Gasteiger partial charge in [-0.25, -0.2) is 13.9 Å². The molecule has 8 nitrogen and oxygen atoms in total. The number of amides is 1. The molecule has 35 heavy (non-hydrogen) atoms. The summed E-state index contributed by atoms with van der Waals surface area (Å²) in [4.78, 5) is 14.7. The number of hydrogen-bond acceptors (Lipinski definition) is 5. The second kappa shape index (κ2) is 8.34. The van der Waals surface area contributed by atoms with E-state index >= 15 is 0 Å². The molecule has 184 valence electrons. The monoisotopic (exact) mass is 479 g/mol. The fourth-order valence-electron chi connectivity index (χ4n) is 5.13. The lowest BCUT2D eigenvalue weighted by atomic mass is 9.64. The molecule has 1 aliphatic heterocycles. The van der Waals surface area contributed by atoms with Gasteiger partial charge in [-0.2, -0.15) is 10.2 Å². The molecule has 1 aliphatic carbocycles. The van der Waals surface area contributed by atoms with Gasteiger partial charge in [0.2, 0.25) is 0 Å². The molecule has 0 spiro atoms. The van der Waals surface area contributed by atoms with E-state index in [0.29, 0.717) is 31.5 Å². The van der Waals surface area contributed by atoms with Crippen LogP contribution >= 0.6 is 0 Å². The number of benzene rings is 1. The number of piperidine rings is 1. The van der Waals surface area contributed by atoms with Crippen LogP contribution in [0.2, 0.25) is 0 Å². The molecule has 0 radical (unpaired) electrons. The Morgan fingerprint density at radius 2 is 1.94 bits per heavy atom. The summed E-state index contributed by atoms with van der Waals surface area (Å²) >= 11 is 0. The van der Waals surface area contributed by atoms with Crippen molar-refractivity contribution in [3.63, 3.8) is 0 Å². The highest BCUT2D eigenvalue weighted by Gasteiger charge is 2.50. The quantitative estimate of drug-likeness (QED) is 0.613. The summed E-state index contributed by atoms with van der Waals surface area (Å²) < 4.78 is 22.6. The van der Waals surface area contributed by atoms with Crippen LogP contribution in [-0.2, 0) is 18.2 Å². The zero-order chi connectivity index (χ0) is 25.0. The van der Waals surface area contributed by atoms with Gasteiger partial charge in [0, 0.05) is 37.3 Å². The Bertz CT molecular complexity index is 1290. The lowest BCUT2D eigenvalue weighted by molar-refractivity contribution is -0.0182. The summed E-state index contributed by atoms with van der Waals surface area (Å²) in [6, 6.07) is 6.21. The van der Waals surface area contributed by atoms with Crippen LogP contribution in [-0.4, -0.2) is 54.4 Å². The van der Waals surface area contributed by atoms with Gasteiger partial charge in [0.25, 0.3) is 0 Å². The zero-order valence-electron chi connectivity index (χ0n) is 20.4. The van der Waals surface area contributed by atoms with Crippen molar-refractivity contribution in [3.05, 3.63) is 71.1 Å². The van der Waals surface area contributed by atoms with E-state index in [1.807, 2.05) is 27.8 Å². The van der Waals surface area contributed by atoms with E-state index in [0.717, 1.165) is 22.5 Å². The number of hydrogen-bond donors (Lipinski definition) is 1. The van der Waals surface area contributed by atoms with Gasteiger partial charge in [-0.1, -0.05) is 5.57 Å². The minimum Gasteiger partial charge on any atom is -0.444 e. The Balaban J connectivity index is 1.56. The standard InChI is InChI=1S/C26H30FN5O3/c1-25(2,3)35-24(34)31-10-9-19-11-22-17(13-29-32(22)21-7-5-20(27)6-8-21)12-26(19,16-31)23(33)18-14-28-30(4)15-18/h5-8,11,13-15,23,33H,9-10,12,16H2,1-4H3/t23-,26?/m0/s1. The maximum atomic E-state index is 13.5. The molecule has 1 saturated heterocycles. The van der Waals surface area contributed by atoms with E-state index in [2.05, 4.69) is 16.3 Å². The summed E-state index contributed by atoms with van der Waals surface area (Å²) in [7, 11) is 1.81. The number of nitrogens with zero attached hydrogens (tertiary/aromatic N) is 5. The maximum Gasteiger partial charge on any atom is 0.410 e. The molecule has 9 heteroatoms. The molecule has 3 aromatic rings. The predicted molar refractivity (Wildman–Crippen MR) is 128 cm³/mol. The van der Waals surface area contributed by atoms with Crippen LogP contribution in [0.3, 0.4) is 0 Å². The van der Waals surface area contributed by atoms with Gasteiger partial charge in [0.15, 0.2) is 0 Å². The average Bonchev–Trinajstić information content (AvgIpc) is 3.41. The minimum absolute atomic E-state index is 0.304. The van der Waals surface area contributed by atoms with Crippen molar-refractivity contribution in [3.8, 4) is 5.69 Å². The first kappa shape index (κ1) is 23.3. The molecule has 1 N–H and O–H groups in total. The van der Waals surface area contributed by atoms with E-state index in [1.54, 1.807) is 45.0 Å². The number of halogens is 1. The van der Waals surface area contributed by atoms with Crippen LogP contribution in [0.25, 0.3) is 11.8 Å². The predicted octanol–water partition coefficient (Wildman–Crippen LogP) is 4.05. The van der Waals surface area contributed by atoms with Crippen LogP contribution in [0.15, 0.2) is 48.4 Å². The molecular formula is C26H30FN5O3. The third-order valence-corrected chi connectivity index (χ3v) is 6.75. The third kappa shape index (κ3) is 4.25.